The average molecular weight is 249 g/mol. The molecule has 0 spiro atoms. The van der Waals surface area contributed by atoms with Crippen LogP contribution in [0.5, 0.6) is 0 Å². The van der Waals surface area contributed by atoms with Crippen molar-refractivity contribution in [2.75, 3.05) is 31.2 Å². The van der Waals surface area contributed by atoms with E-state index in [1.165, 1.54) is 0 Å². The fraction of sp³-hybridized carbons (Fsp3) is 0.900. The molecule has 1 N–H and O–H groups in total. The summed E-state index contributed by atoms with van der Waals surface area (Å²) in [5.41, 5.74) is 0. The van der Waals surface area contributed by atoms with Crippen LogP contribution in [0.3, 0.4) is 0 Å². The number of hydrogen-bond acceptors (Lipinski definition) is 4. The molecule has 1 aliphatic rings. The Kier molecular flexibility index (Phi) is 5.21. The molecule has 1 amide bonds. The molecule has 0 bridgehead atoms. The molecular weight excluding hydrogens is 230 g/mol. The monoisotopic (exact) mass is 249 g/mol. The molecule has 1 saturated heterocycles. The van der Waals surface area contributed by atoms with E-state index < -0.39 is 15.6 Å². The molecule has 1 fully saturated rings. The van der Waals surface area contributed by atoms with Crippen molar-refractivity contribution >= 4 is 15.7 Å². The lowest BCUT2D eigenvalue weighted by Crippen LogP contribution is -2.39. The van der Waals surface area contributed by atoms with Gasteiger partial charge in [0.15, 0.2) is 9.84 Å². The van der Waals surface area contributed by atoms with Crippen molar-refractivity contribution in [3.8, 4) is 0 Å². The number of rotatable bonds is 5. The molecule has 1 heterocycles. The van der Waals surface area contributed by atoms with E-state index in [1.54, 1.807) is 4.90 Å². The minimum absolute atomic E-state index is 0.108. The Morgan fingerprint density at radius 1 is 1.19 bits per heavy atom. The zero-order valence-corrected chi connectivity index (χ0v) is 10.2. The summed E-state index contributed by atoms with van der Waals surface area (Å²) in [6.45, 7) is 1.19. The minimum atomic E-state index is -3.34. The van der Waals surface area contributed by atoms with Gasteiger partial charge in [0.2, 0.25) is 5.91 Å². The predicted octanol–water partition coefficient (Wildman–Crippen LogP) is -0.204. The van der Waals surface area contributed by atoms with Gasteiger partial charge in [0.1, 0.15) is 5.75 Å². The van der Waals surface area contributed by atoms with Crippen molar-refractivity contribution in [2.24, 2.45) is 0 Å². The lowest BCUT2D eigenvalue weighted by molar-refractivity contribution is -0.129. The summed E-state index contributed by atoms with van der Waals surface area (Å²) in [6.07, 6.45) is 3.24. The molecule has 6 heteroatoms. The summed E-state index contributed by atoms with van der Waals surface area (Å²) in [5, 5.41) is 8.55. The van der Waals surface area contributed by atoms with Crippen molar-refractivity contribution < 1.29 is 18.3 Å². The fourth-order valence-electron chi connectivity index (χ4n) is 1.78. The molecule has 1 rings (SSSR count). The highest BCUT2D eigenvalue weighted by molar-refractivity contribution is 7.92. The number of carbonyl (C=O) groups is 1. The second-order valence-corrected chi connectivity index (χ2v) is 6.29. The maximum Gasteiger partial charge on any atom is 0.237 e. The summed E-state index contributed by atoms with van der Waals surface area (Å²) < 4.78 is 23.0. The lowest BCUT2D eigenvalue weighted by Gasteiger charge is -2.26. The van der Waals surface area contributed by atoms with E-state index in [4.69, 9.17) is 5.11 Å². The second-order valence-electron chi connectivity index (χ2n) is 4.11. The molecule has 0 radical (unpaired) electrons. The minimum Gasteiger partial charge on any atom is -0.396 e. The lowest BCUT2D eigenvalue weighted by atomic mass is 10.1. The number of amides is 1. The topological polar surface area (TPSA) is 74.7 Å². The zero-order chi connectivity index (χ0) is 12.0. The van der Waals surface area contributed by atoms with Gasteiger partial charge in [-0.3, -0.25) is 4.79 Å². The van der Waals surface area contributed by atoms with Crippen LogP contribution in [0, 0.1) is 0 Å². The van der Waals surface area contributed by atoms with Gasteiger partial charge in [-0.1, -0.05) is 0 Å². The molecule has 0 unspecified atom stereocenters. The van der Waals surface area contributed by atoms with Crippen molar-refractivity contribution in [3.05, 3.63) is 0 Å². The third-order valence-corrected chi connectivity index (χ3v) is 4.26. The van der Waals surface area contributed by atoms with E-state index in [0.717, 1.165) is 19.3 Å². The normalized spacial score (nSPS) is 17.4. The van der Waals surface area contributed by atoms with Crippen LogP contribution >= 0.6 is 0 Å². The first-order chi connectivity index (χ1) is 7.55. The third kappa shape index (κ3) is 4.49. The maximum absolute atomic E-state index is 11.7. The molecule has 0 aromatic heterocycles. The smallest absolute Gasteiger partial charge is 0.237 e. The molecule has 0 aromatic carbocycles. The summed E-state index contributed by atoms with van der Waals surface area (Å²) in [7, 11) is -3.34. The van der Waals surface area contributed by atoms with Gasteiger partial charge in [0.25, 0.3) is 0 Å². The highest BCUT2D eigenvalue weighted by Gasteiger charge is 2.22. The Bertz CT molecular complexity index is 320. The average Bonchev–Trinajstić information content (AvgIpc) is 2.27. The third-order valence-electron chi connectivity index (χ3n) is 2.67. The van der Waals surface area contributed by atoms with Gasteiger partial charge in [-0.2, -0.15) is 0 Å². The van der Waals surface area contributed by atoms with Crippen LogP contribution < -0.4 is 0 Å². The van der Waals surface area contributed by atoms with Crippen LogP contribution in [0.2, 0.25) is 0 Å². The number of nitrogens with zero attached hydrogens (tertiary/aromatic N) is 1. The number of hydrogen-bond donors (Lipinski definition) is 1. The van der Waals surface area contributed by atoms with Gasteiger partial charge in [-0.15, -0.1) is 0 Å². The van der Waals surface area contributed by atoms with E-state index in [1.807, 2.05) is 0 Å². The molecule has 0 aromatic rings. The highest BCUT2D eigenvalue weighted by Crippen LogP contribution is 2.09. The Morgan fingerprint density at radius 2 is 1.81 bits per heavy atom. The van der Waals surface area contributed by atoms with Gasteiger partial charge in [-0.05, 0) is 25.7 Å². The second kappa shape index (κ2) is 6.20. The largest absolute Gasteiger partial charge is 0.396 e. The van der Waals surface area contributed by atoms with E-state index in [-0.39, 0.29) is 24.7 Å². The first kappa shape index (κ1) is 13.4. The van der Waals surface area contributed by atoms with Crippen LogP contribution in [-0.2, 0) is 14.6 Å². The highest BCUT2D eigenvalue weighted by atomic mass is 32.2. The zero-order valence-electron chi connectivity index (χ0n) is 9.39. The summed E-state index contributed by atoms with van der Waals surface area (Å²) in [6, 6.07) is 0. The van der Waals surface area contributed by atoms with Crippen molar-refractivity contribution in [1.29, 1.82) is 0 Å². The molecule has 1 aliphatic heterocycles. The summed E-state index contributed by atoms with van der Waals surface area (Å²) in [5.74, 6) is -0.812. The van der Waals surface area contributed by atoms with Crippen LogP contribution in [0.25, 0.3) is 0 Å². The molecule has 0 aliphatic carbocycles. The summed E-state index contributed by atoms with van der Waals surface area (Å²) >= 11 is 0. The SMILES string of the molecule is O=C(CS(=O)(=O)CCCO)N1CCCCC1. The Balaban J connectivity index is 2.43. The number of aliphatic hydroxyl groups excluding tert-OH is 1. The van der Waals surface area contributed by atoms with Crippen molar-refractivity contribution in [1.82, 2.24) is 4.90 Å². The van der Waals surface area contributed by atoms with E-state index >= 15 is 0 Å². The number of aliphatic hydroxyl groups is 1. The molecule has 0 saturated carbocycles. The quantitative estimate of drug-likeness (QED) is 0.732. The van der Waals surface area contributed by atoms with Gasteiger partial charge in [-0.25, -0.2) is 8.42 Å². The molecule has 0 atom stereocenters. The van der Waals surface area contributed by atoms with E-state index in [2.05, 4.69) is 0 Å². The first-order valence-corrected chi connectivity index (χ1v) is 7.46. The number of likely N-dealkylation sites (tertiary alicyclic amines) is 1. The van der Waals surface area contributed by atoms with E-state index in [9.17, 15) is 13.2 Å². The Morgan fingerprint density at radius 3 is 2.38 bits per heavy atom. The van der Waals surface area contributed by atoms with Crippen molar-refractivity contribution in [2.45, 2.75) is 25.7 Å². The van der Waals surface area contributed by atoms with Gasteiger partial charge in [0, 0.05) is 19.7 Å². The molecule has 94 valence electrons. The predicted molar refractivity (Wildman–Crippen MR) is 60.8 cm³/mol. The standard InChI is InChI=1S/C10H19NO4S/c12-7-4-8-16(14,15)9-10(13)11-5-2-1-3-6-11/h12H,1-9H2. The van der Waals surface area contributed by atoms with Crippen LogP contribution in [0.4, 0.5) is 0 Å². The van der Waals surface area contributed by atoms with Crippen LogP contribution in [0.1, 0.15) is 25.7 Å². The number of sulfone groups is 1. The summed E-state index contributed by atoms with van der Waals surface area (Å²) in [4.78, 5) is 13.3. The Hall–Kier alpha value is -0.620. The number of carbonyl (C=O) groups excluding carboxylic acids is 1. The van der Waals surface area contributed by atoms with Gasteiger partial charge >= 0.3 is 0 Å². The molecule has 16 heavy (non-hydrogen) atoms. The van der Waals surface area contributed by atoms with Gasteiger partial charge in [0.05, 0.1) is 5.75 Å². The molecule has 5 nitrogen and oxygen atoms in total. The molecular formula is C10H19NO4S. The van der Waals surface area contributed by atoms with Gasteiger partial charge < -0.3 is 10.0 Å². The fourth-order valence-corrected chi connectivity index (χ4v) is 3.05. The van der Waals surface area contributed by atoms with Crippen LogP contribution in [0.15, 0.2) is 0 Å². The van der Waals surface area contributed by atoms with E-state index in [0.29, 0.717) is 13.1 Å². The van der Waals surface area contributed by atoms with Crippen molar-refractivity contribution in [3.63, 3.8) is 0 Å². The number of piperidine rings is 1. The maximum atomic E-state index is 11.7. The Labute approximate surface area is 96.4 Å². The van der Waals surface area contributed by atoms with Crippen LogP contribution in [-0.4, -0.2) is 55.5 Å². The first-order valence-electron chi connectivity index (χ1n) is 5.64.